The first-order chi connectivity index (χ1) is 17.5. The summed E-state index contributed by atoms with van der Waals surface area (Å²) in [6.07, 6.45) is 1.77. The molecule has 0 aliphatic rings. The molecule has 1 amide bonds. The van der Waals surface area contributed by atoms with Crippen molar-refractivity contribution in [2.45, 2.75) is 13.1 Å². The zero-order chi connectivity index (χ0) is 25.1. The van der Waals surface area contributed by atoms with Crippen molar-refractivity contribution in [1.29, 1.82) is 0 Å². The third-order valence-electron chi connectivity index (χ3n) is 6.05. The fourth-order valence-corrected chi connectivity index (χ4v) is 4.23. The molecule has 7 heteroatoms. The van der Waals surface area contributed by atoms with Gasteiger partial charge in [0.15, 0.2) is 0 Å². The van der Waals surface area contributed by atoms with E-state index in [0.29, 0.717) is 23.7 Å². The van der Waals surface area contributed by atoms with Gasteiger partial charge in [-0.05, 0) is 58.7 Å². The van der Waals surface area contributed by atoms with Crippen LogP contribution in [0.4, 0.5) is 0 Å². The number of hydrogen-bond donors (Lipinski definition) is 2. The van der Waals surface area contributed by atoms with Crippen molar-refractivity contribution in [2.24, 2.45) is 0 Å². The highest BCUT2D eigenvalue weighted by atomic mass is 35.5. The van der Waals surface area contributed by atoms with Crippen molar-refractivity contribution in [1.82, 2.24) is 20.1 Å². The number of pyridine rings is 1. The van der Waals surface area contributed by atoms with E-state index < -0.39 is 0 Å². The summed E-state index contributed by atoms with van der Waals surface area (Å²) in [5, 5.41) is 11.7. The lowest BCUT2D eigenvalue weighted by Crippen LogP contribution is -2.23. The van der Waals surface area contributed by atoms with Crippen LogP contribution in [-0.2, 0) is 13.1 Å². The second kappa shape index (κ2) is 10.1. The summed E-state index contributed by atoms with van der Waals surface area (Å²) < 4.78 is 1.66. The number of nitrogens with zero attached hydrogens (tertiary/aromatic N) is 2. The lowest BCUT2D eigenvalue weighted by atomic mass is 9.97. The molecule has 0 bridgehead atoms. The summed E-state index contributed by atoms with van der Waals surface area (Å²) in [5.74, 6) is -0.196. The number of halogens is 1. The van der Waals surface area contributed by atoms with Gasteiger partial charge in [-0.3, -0.25) is 14.7 Å². The van der Waals surface area contributed by atoms with Crippen molar-refractivity contribution < 1.29 is 4.79 Å². The molecule has 178 valence electrons. The van der Waals surface area contributed by atoms with E-state index in [9.17, 15) is 9.59 Å². The summed E-state index contributed by atoms with van der Waals surface area (Å²) in [6, 6.07) is 25.9. The molecule has 0 fully saturated rings. The molecule has 0 saturated carbocycles. The van der Waals surface area contributed by atoms with E-state index in [4.69, 9.17) is 11.6 Å². The predicted octanol–water partition coefficient (Wildman–Crippen LogP) is 5.42. The number of H-pyrrole nitrogens is 1. The number of aromatic amines is 1. The summed E-state index contributed by atoms with van der Waals surface area (Å²) >= 11 is 6.10. The summed E-state index contributed by atoms with van der Waals surface area (Å²) in [4.78, 5) is 24.8. The number of amides is 1. The summed E-state index contributed by atoms with van der Waals surface area (Å²) in [6.45, 7) is 5.04. The molecule has 5 rings (SSSR count). The smallest absolute Gasteiger partial charge is 0.251 e. The Bertz CT molecular complexity index is 1630. The molecule has 36 heavy (non-hydrogen) atoms. The Morgan fingerprint density at radius 2 is 1.75 bits per heavy atom. The van der Waals surface area contributed by atoms with E-state index in [2.05, 4.69) is 22.1 Å². The average molecular weight is 495 g/mol. The molecular formula is C29H23ClN4O2. The maximum absolute atomic E-state index is 12.9. The fraction of sp³-hybridized carbons (Fsp3) is 0.0690. The van der Waals surface area contributed by atoms with E-state index >= 15 is 0 Å². The van der Waals surface area contributed by atoms with E-state index in [-0.39, 0.29) is 11.5 Å². The first kappa shape index (κ1) is 23.3. The number of nitrogens with one attached hydrogen (secondary N) is 2. The molecule has 0 spiro atoms. The van der Waals surface area contributed by atoms with Gasteiger partial charge in [0.25, 0.3) is 11.5 Å². The maximum Gasteiger partial charge on any atom is 0.251 e. The molecule has 0 unspecified atom stereocenters. The third kappa shape index (κ3) is 4.99. The van der Waals surface area contributed by atoms with Crippen molar-refractivity contribution >= 4 is 34.0 Å². The van der Waals surface area contributed by atoms with E-state index in [0.717, 1.165) is 38.9 Å². The number of carbonyl (C=O) groups is 1. The van der Waals surface area contributed by atoms with Crippen LogP contribution in [0.5, 0.6) is 0 Å². The molecule has 0 atom stereocenters. The second-order valence-corrected chi connectivity index (χ2v) is 8.91. The Hall–Kier alpha value is -4.42. The minimum atomic E-state index is -0.196. The van der Waals surface area contributed by atoms with Crippen molar-refractivity contribution in [3.05, 3.63) is 141 Å². The largest absolute Gasteiger partial charge is 0.346 e. The van der Waals surface area contributed by atoms with Crippen molar-refractivity contribution in [3.8, 4) is 0 Å². The molecule has 0 radical (unpaired) electrons. The van der Waals surface area contributed by atoms with E-state index in [1.54, 1.807) is 35.0 Å². The van der Waals surface area contributed by atoms with Gasteiger partial charge in [0.05, 0.1) is 24.3 Å². The zero-order valence-corrected chi connectivity index (χ0v) is 20.1. The van der Waals surface area contributed by atoms with Gasteiger partial charge in [-0.2, -0.15) is 5.10 Å². The van der Waals surface area contributed by atoms with Crippen LogP contribution in [-0.4, -0.2) is 20.7 Å². The Morgan fingerprint density at radius 3 is 2.56 bits per heavy atom. The molecular weight excluding hydrogens is 472 g/mol. The lowest BCUT2D eigenvalue weighted by Gasteiger charge is -2.11. The van der Waals surface area contributed by atoms with Gasteiger partial charge in [-0.1, -0.05) is 60.6 Å². The minimum Gasteiger partial charge on any atom is -0.346 e. The maximum atomic E-state index is 12.9. The van der Waals surface area contributed by atoms with Crippen LogP contribution in [0.25, 0.3) is 16.5 Å². The Labute approximate surface area is 212 Å². The molecule has 0 saturated heterocycles. The quantitative estimate of drug-likeness (QED) is 0.317. The topological polar surface area (TPSA) is 79.8 Å². The number of carbonyl (C=O) groups excluding carboxylic acids is 1. The second-order valence-electron chi connectivity index (χ2n) is 8.47. The van der Waals surface area contributed by atoms with Gasteiger partial charge in [-0.15, -0.1) is 0 Å². The average Bonchev–Trinajstić information content (AvgIpc) is 3.30. The van der Waals surface area contributed by atoms with Gasteiger partial charge >= 0.3 is 0 Å². The number of hydrogen-bond acceptors (Lipinski definition) is 3. The first-order valence-electron chi connectivity index (χ1n) is 11.4. The fourth-order valence-electron chi connectivity index (χ4n) is 4.06. The highest BCUT2D eigenvalue weighted by molar-refractivity contribution is 6.31. The van der Waals surface area contributed by atoms with Crippen molar-refractivity contribution in [2.75, 3.05) is 0 Å². The molecule has 2 aromatic heterocycles. The Balaban J connectivity index is 1.27. The third-order valence-corrected chi connectivity index (χ3v) is 6.28. The van der Waals surface area contributed by atoms with Gasteiger partial charge in [-0.25, -0.2) is 0 Å². The van der Waals surface area contributed by atoms with Crippen LogP contribution in [0.2, 0.25) is 5.02 Å². The number of fused-ring (bicyclic) bond motifs is 1. The SMILES string of the molecule is C=C(c1ccc(Cn2ccccc2=O)cc1)c1cccc(C(=O)NCc2[nH]nc3ccc(Cl)cc23)c1. The normalized spacial score (nSPS) is 10.9. The van der Waals surface area contributed by atoms with Crippen LogP contribution in [0.15, 0.2) is 102 Å². The highest BCUT2D eigenvalue weighted by Gasteiger charge is 2.11. The monoisotopic (exact) mass is 494 g/mol. The van der Waals surface area contributed by atoms with Crippen LogP contribution in [0, 0.1) is 0 Å². The number of rotatable bonds is 7. The molecule has 0 aliphatic carbocycles. The lowest BCUT2D eigenvalue weighted by molar-refractivity contribution is 0.0950. The Morgan fingerprint density at radius 1 is 0.944 bits per heavy atom. The summed E-state index contributed by atoms with van der Waals surface area (Å²) in [5.41, 5.74) is 5.71. The summed E-state index contributed by atoms with van der Waals surface area (Å²) in [7, 11) is 0. The highest BCUT2D eigenvalue weighted by Crippen LogP contribution is 2.24. The van der Waals surface area contributed by atoms with Crippen LogP contribution >= 0.6 is 11.6 Å². The number of benzene rings is 3. The van der Waals surface area contributed by atoms with Gasteiger partial charge in [0.2, 0.25) is 0 Å². The standard InChI is InChI=1S/C29H23ClN4O2/c1-19(21-10-8-20(9-11-21)18-34-14-3-2-7-28(34)35)22-5-4-6-23(15-22)29(36)31-17-27-25-16-24(30)12-13-26(25)32-33-27/h2-16H,1,17-18H2,(H,31,36)(H,32,33). The molecule has 0 aliphatic heterocycles. The van der Waals surface area contributed by atoms with E-state index in [1.807, 2.05) is 60.7 Å². The molecule has 6 nitrogen and oxygen atoms in total. The zero-order valence-electron chi connectivity index (χ0n) is 19.4. The minimum absolute atomic E-state index is 0.0365. The Kier molecular flexibility index (Phi) is 6.52. The van der Waals surface area contributed by atoms with Gasteiger partial charge in [0.1, 0.15) is 0 Å². The molecule has 2 heterocycles. The van der Waals surface area contributed by atoms with Crippen molar-refractivity contribution in [3.63, 3.8) is 0 Å². The molecule has 3 aromatic carbocycles. The van der Waals surface area contributed by atoms with Gasteiger partial charge < -0.3 is 9.88 Å². The van der Waals surface area contributed by atoms with Crippen LogP contribution < -0.4 is 10.9 Å². The molecule has 2 N–H and O–H groups in total. The van der Waals surface area contributed by atoms with Crippen LogP contribution in [0.3, 0.4) is 0 Å². The van der Waals surface area contributed by atoms with Crippen LogP contribution in [0.1, 0.15) is 32.7 Å². The van der Waals surface area contributed by atoms with E-state index in [1.165, 1.54) is 0 Å². The predicted molar refractivity (Wildman–Crippen MR) is 143 cm³/mol. The number of aromatic nitrogens is 3. The first-order valence-corrected chi connectivity index (χ1v) is 11.8. The molecule has 5 aromatic rings. The van der Waals surface area contributed by atoms with Gasteiger partial charge in [0, 0.05) is 28.2 Å².